The van der Waals surface area contributed by atoms with Gasteiger partial charge in [-0.1, -0.05) is 0 Å². The quantitative estimate of drug-likeness (QED) is 0.743. The summed E-state index contributed by atoms with van der Waals surface area (Å²) < 4.78 is 20.9. The van der Waals surface area contributed by atoms with Crippen LogP contribution in [0.25, 0.3) is 16.9 Å². The summed E-state index contributed by atoms with van der Waals surface area (Å²) in [6, 6.07) is 10.3. The summed E-state index contributed by atoms with van der Waals surface area (Å²) >= 11 is 0. The Balaban J connectivity index is 1.79. The van der Waals surface area contributed by atoms with E-state index in [0.717, 1.165) is 55.2 Å². The Morgan fingerprint density at radius 1 is 1.22 bits per heavy atom. The molecule has 23 heavy (non-hydrogen) atoms. The van der Waals surface area contributed by atoms with Gasteiger partial charge in [0.2, 0.25) is 0 Å². The second kappa shape index (κ2) is 6.08. The molecule has 118 valence electrons. The van der Waals surface area contributed by atoms with E-state index in [-0.39, 0.29) is 5.82 Å². The maximum Gasteiger partial charge on any atom is 0.164 e. The van der Waals surface area contributed by atoms with Gasteiger partial charge in [0.25, 0.3) is 0 Å². The lowest BCUT2D eigenvalue weighted by Crippen LogP contribution is -2.20. The number of aromatic nitrogens is 3. The van der Waals surface area contributed by atoms with Gasteiger partial charge in [0, 0.05) is 31.5 Å². The predicted octanol–water partition coefficient (Wildman–Crippen LogP) is 3.53. The fourth-order valence-electron chi connectivity index (χ4n) is 3.18. The van der Waals surface area contributed by atoms with E-state index < -0.39 is 0 Å². The number of ether oxygens (including phenoxy) is 1. The lowest BCUT2D eigenvalue weighted by Gasteiger charge is -2.22. The normalized spacial score (nSPS) is 18.4. The average molecular weight is 311 g/mol. The number of halogens is 1. The van der Waals surface area contributed by atoms with Crippen LogP contribution >= 0.6 is 0 Å². The second-order valence-electron chi connectivity index (χ2n) is 5.97. The van der Waals surface area contributed by atoms with Crippen LogP contribution in [-0.4, -0.2) is 27.7 Å². The SMILES string of the molecule is Fc1ccc(-n2c(CC3CCCOC3)nc3cccnc32)cc1. The van der Waals surface area contributed by atoms with E-state index in [1.165, 1.54) is 12.1 Å². The lowest BCUT2D eigenvalue weighted by atomic mass is 9.98. The van der Waals surface area contributed by atoms with E-state index in [0.29, 0.717) is 5.92 Å². The summed E-state index contributed by atoms with van der Waals surface area (Å²) in [5.41, 5.74) is 2.56. The van der Waals surface area contributed by atoms with Crippen molar-refractivity contribution in [2.45, 2.75) is 19.3 Å². The highest BCUT2D eigenvalue weighted by Gasteiger charge is 2.20. The van der Waals surface area contributed by atoms with E-state index in [1.807, 2.05) is 16.7 Å². The third-order valence-electron chi connectivity index (χ3n) is 4.30. The zero-order chi connectivity index (χ0) is 15.6. The molecule has 0 bridgehead atoms. The number of benzene rings is 1. The lowest BCUT2D eigenvalue weighted by molar-refractivity contribution is 0.0542. The minimum absolute atomic E-state index is 0.242. The summed E-state index contributed by atoms with van der Waals surface area (Å²) in [5, 5.41) is 0. The summed E-state index contributed by atoms with van der Waals surface area (Å²) in [6.45, 7) is 1.63. The molecule has 0 amide bonds. The van der Waals surface area contributed by atoms with Gasteiger partial charge in [-0.3, -0.25) is 4.57 Å². The highest BCUT2D eigenvalue weighted by molar-refractivity contribution is 5.73. The Labute approximate surface area is 133 Å². The molecule has 5 heteroatoms. The maximum absolute atomic E-state index is 13.3. The highest BCUT2D eigenvalue weighted by atomic mass is 19.1. The molecular weight excluding hydrogens is 293 g/mol. The van der Waals surface area contributed by atoms with Gasteiger partial charge in [-0.2, -0.15) is 0 Å². The zero-order valence-electron chi connectivity index (χ0n) is 12.8. The van der Waals surface area contributed by atoms with Gasteiger partial charge in [-0.05, 0) is 55.2 Å². The molecule has 1 fully saturated rings. The van der Waals surface area contributed by atoms with Crippen molar-refractivity contribution < 1.29 is 9.13 Å². The van der Waals surface area contributed by atoms with Crippen LogP contribution in [0.15, 0.2) is 42.6 Å². The number of hydrogen-bond acceptors (Lipinski definition) is 3. The van der Waals surface area contributed by atoms with Crippen molar-refractivity contribution in [2.24, 2.45) is 5.92 Å². The molecule has 2 aromatic heterocycles. The molecule has 4 nitrogen and oxygen atoms in total. The van der Waals surface area contributed by atoms with Crippen LogP contribution in [0.2, 0.25) is 0 Å². The monoisotopic (exact) mass is 311 g/mol. The molecular formula is C18H18FN3O. The number of nitrogens with zero attached hydrogens (tertiary/aromatic N) is 3. The first-order valence-electron chi connectivity index (χ1n) is 7.97. The van der Waals surface area contributed by atoms with Crippen LogP contribution in [0, 0.1) is 11.7 Å². The van der Waals surface area contributed by atoms with Crippen LogP contribution < -0.4 is 0 Å². The van der Waals surface area contributed by atoms with Gasteiger partial charge in [-0.25, -0.2) is 14.4 Å². The fourth-order valence-corrected chi connectivity index (χ4v) is 3.18. The molecule has 0 aliphatic carbocycles. The molecule has 0 saturated carbocycles. The Kier molecular flexibility index (Phi) is 3.79. The summed E-state index contributed by atoms with van der Waals surface area (Å²) in [4.78, 5) is 9.23. The molecule has 0 N–H and O–H groups in total. The summed E-state index contributed by atoms with van der Waals surface area (Å²) in [5.74, 6) is 1.19. The number of pyridine rings is 1. The van der Waals surface area contributed by atoms with Gasteiger partial charge in [0.15, 0.2) is 5.65 Å². The van der Waals surface area contributed by atoms with Gasteiger partial charge in [-0.15, -0.1) is 0 Å². The van der Waals surface area contributed by atoms with Gasteiger partial charge in [0.1, 0.15) is 17.2 Å². The molecule has 3 heterocycles. The second-order valence-corrected chi connectivity index (χ2v) is 5.97. The third kappa shape index (κ3) is 2.84. The first kappa shape index (κ1) is 14.3. The molecule has 1 saturated heterocycles. The Morgan fingerprint density at radius 3 is 2.87 bits per heavy atom. The standard InChI is InChI=1S/C18H18FN3O/c19-14-5-7-15(8-6-14)22-17(11-13-3-2-10-23-12-13)21-16-4-1-9-20-18(16)22/h1,4-9,13H,2-3,10-12H2. The maximum atomic E-state index is 13.3. The van der Waals surface area contributed by atoms with Gasteiger partial charge in [0.05, 0.1) is 0 Å². The molecule has 1 aliphatic heterocycles. The van der Waals surface area contributed by atoms with Crippen LogP contribution in [0.4, 0.5) is 4.39 Å². The van der Waals surface area contributed by atoms with E-state index in [1.54, 1.807) is 18.3 Å². The third-order valence-corrected chi connectivity index (χ3v) is 4.30. The van der Waals surface area contributed by atoms with Crippen molar-refractivity contribution in [1.29, 1.82) is 0 Å². The molecule has 4 rings (SSSR count). The highest BCUT2D eigenvalue weighted by Crippen LogP contribution is 2.24. The first-order valence-corrected chi connectivity index (χ1v) is 7.97. The van der Waals surface area contributed by atoms with Crippen molar-refractivity contribution in [3.05, 3.63) is 54.2 Å². The Bertz CT molecular complexity index is 807. The van der Waals surface area contributed by atoms with Crippen molar-refractivity contribution in [2.75, 3.05) is 13.2 Å². The zero-order valence-corrected chi connectivity index (χ0v) is 12.8. The van der Waals surface area contributed by atoms with Crippen molar-refractivity contribution >= 4 is 11.2 Å². The summed E-state index contributed by atoms with van der Waals surface area (Å²) in [7, 11) is 0. The van der Waals surface area contributed by atoms with Crippen LogP contribution in [0.1, 0.15) is 18.7 Å². The van der Waals surface area contributed by atoms with E-state index in [2.05, 4.69) is 4.98 Å². The molecule has 1 atom stereocenters. The molecule has 3 aromatic rings. The Hall–Kier alpha value is -2.27. The average Bonchev–Trinajstić information content (AvgIpc) is 2.94. The minimum atomic E-state index is -0.242. The predicted molar refractivity (Wildman–Crippen MR) is 86.1 cm³/mol. The van der Waals surface area contributed by atoms with Crippen LogP contribution in [-0.2, 0) is 11.2 Å². The van der Waals surface area contributed by atoms with Crippen molar-refractivity contribution in [3.8, 4) is 5.69 Å². The molecule has 0 radical (unpaired) electrons. The number of imidazole rings is 1. The van der Waals surface area contributed by atoms with E-state index >= 15 is 0 Å². The topological polar surface area (TPSA) is 39.9 Å². The van der Waals surface area contributed by atoms with Gasteiger partial charge < -0.3 is 4.74 Å². The van der Waals surface area contributed by atoms with E-state index in [9.17, 15) is 4.39 Å². The minimum Gasteiger partial charge on any atom is -0.381 e. The summed E-state index contributed by atoms with van der Waals surface area (Å²) in [6.07, 6.45) is 4.85. The largest absolute Gasteiger partial charge is 0.381 e. The van der Waals surface area contributed by atoms with Crippen molar-refractivity contribution in [3.63, 3.8) is 0 Å². The molecule has 1 aromatic carbocycles. The van der Waals surface area contributed by atoms with Gasteiger partial charge >= 0.3 is 0 Å². The smallest absolute Gasteiger partial charge is 0.164 e. The first-order chi connectivity index (χ1) is 11.3. The molecule has 0 spiro atoms. The Morgan fingerprint density at radius 2 is 2.09 bits per heavy atom. The molecule has 1 unspecified atom stereocenters. The number of rotatable bonds is 3. The van der Waals surface area contributed by atoms with Crippen molar-refractivity contribution in [1.82, 2.24) is 14.5 Å². The fraction of sp³-hybridized carbons (Fsp3) is 0.333. The van der Waals surface area contributed by atoms with Crippen LogP contribution in [0.3, 0.4) is 0 Å². The number of fused-ring (bicyclic) bond motifs is 1. The number of hydrogen-bond donors (Lipinski definition) is 0. The molecule has 1 aliphatic rings. The van der Waals surface area contributed by atoms with E-state index in [4.69, 9.17) is 9.72 Å². The van der Waals surface area contributed by atoms with Crippen LogP contribution in [0.5, 0.6) is 0 Å².